The van der Waals surface area contributed by atoms with E-state index in [1.165, 1.54) is 0 Å². The van der Waals surface area contributed by atoms with Crippen molar-refractivity contribution in [1.29, 1.82) is 0 Å². The zero-order chi connectivity index (χ0) is 11.7. The first-order chi connectivity index (χ1) is 6.79. The molecule has 0 spiro atoms. The second-order valence-electron chi connectivity index (χ2n) is 4.73. The van der Waals surface area contributed by atoms with E-state index in [4.69, 9.17) is 0 Å². The third kappa shape index (κ3) is 2.86. The monoisotopic (exact) mass is 224 g/mol. The predicted molar refractivity (Wildman–Crippen MR) is 52.4 cm³/mol. The summed E-state index contributed by atoms with van der Waals surface area (Å²) in [5.41, 5.74) is -0.865. The molecule has 4 heteroatoms. The Bertz CT molecular complexity index is 204. The summed E-state index contributed by atoms with van der Waals surface area (Å²) in [7, 11) is 0. The van der Waals surface area contributed by atoms with Crippen LogP contribution in [0.5, 0.6) is 0 Å². The Balaban J connectivity index is 2.55. The van der Waals surface area contributed by atoms with Gasteiger partial charge in [0.1, 0.15) is 0 Å². The van der Waals surface area contributed by atoms with Crippen molar-refractivity contribution in [3.63, 3.8) is 0 Å². The van der Waals surface area contributed by atoms with Crippen LogP contribution in [0.4, 0.5) is 13.2 Å². The highest BCUT2D eigenvalue weighted by atomic mass is 19.4. The highest BCUT2D eigenvalue weighted by Crippen LogP contribution is 2.44. The Morgan fingerprint density at radius 3 is 2.13 bits per heavy atom. The molecule has 1 unspecified atom stereocenters. The lowest BCUT2D eigenvalue weighted by atomic mass is 9.72. The van der Waals surface area contributed by atoms with Crippen LogP contribution in [0.25, 0.3) is 0 Å². The third-order valence-electron chi connectivity index (χ3n) is 3.84. The lowest BCUT2D eigenvalue weighted by Gasteiger charge is -2.40. The summed E-state index contributed by atoms with van der Waals surface area (Å²) in [6.45, 7) is 3.87. The van der Waals surface area contributed by atoms with Gasteiger partial charge >= 0.3 is 6.18 Å². The molecule has 0 heterocycles. The highest BCUT2D eigenvalue weighted by molar-refractivity contribution is 4.90. The van der Waals surface area contributed by atoms with E-state index in [9.17, 15) is 18.3 Å². The first kappa shape index (κ1) is 12.8. The Kier molecular flexibility index (Phi) is 3.69. The average molecular weight is 224 g/mol. The summed E-state index contributed by atoms with van der Waals surface area (Å²) in [6, 6.07) is 0. The molecule has 0 aliphatic heterocycles. The minimum atomic E-state index is -4.09. The fourth-order valence-electron chi connectivity index (χ4n) is 2.32. The molecule has 1 nitrogen and oxygen atoms in total. The number of aliphatic hydroxyl groups is 1. The number of rotatable bonds is 2. The van der Waals surface area contributed by atoms with E-state index >= 15 is 0 Å². The van der Waals surface area contributed by atoms with Crippen molar-refractivity contribution >= 4 is 0 Å². The first-order valence-corrected chi connectivity index (χ1v) is 5.58. The van der Waals surface area contributed by atoms with Gasteiger partial charge < -0.3 is 5.11 Å². The van der Waals surface area contributed by atoms with Crippen LogP contribution < -0.4 is 0 Å². The predicted octanol–water partition coefficient (Wildman–Crippen LogP) is 3.52. The first-order valence-electron chi connectivity index (χ1n) is 5.58. The van der Waals surface area contributed by atoms with Gasteiger partial charge in [0.25, 0.3) is 0 Å². The molecule has 0 amide bonds. The maximum absolute atomic E-state index is 12.4. The van der Waals surface area contributed by atoms with Crippen LogP contribution in [0.3, 0.4) is 0 Å². The Hall–Kier alpha value is -0.250. The van der Waals surface area contributed by atoms with Gasteiger partial charge in [0.15, 0.2) is 0 Å². The Morgan fingerprint density at radius 1 is 1.33 bits per heavy atom. The molecule has 0 radical (unpaired) electrons. The molecule has 0 aromatic heterocycles. The Morgan fingerprint density at radius 2 is 1.80 bits per heavy atom. The number of hydrogen-bond donors (Lipinski definition) is 1. The largest absolute Gasteiger partial charge is 0.391 e. The molecule has 1 rings (SSSR count). The normalized spacial score (nSPS) is 35.2. The smallest absolute Gasteiger partial charge is 0.390 e. The molecule has 15 heavy (non-hydrogen) atoms. The fraction of sp³-hybridized carbons (Fsp3) is 1.00. The van der Waals surface area contributed by atoms with Gasteiger partial charge in [-0.2, -0.15) is 13.2 Å². The van der Waals surface area contributed by atoms with E-state index in [2.05, 4.69) is 0 Å². The van der Waals surface area contributed by atoms with Gasteiger partial charge in [0, 0.05) is 0 Å². The van der Waals surface area contributed by atoms with Crippen molar-refractivity contribution in [2.24, 2.45) is 11.8 Å². The SMILES string of the molecule is CCC(C)C1(O)CCC(C(F)(F)F)CC1. The van der Waals surface area contributed by atoms with E-state index in [1.807, 2.05) is 13.8 Å². The van der Waals surface area contributed by atoms with Gasteiger partial charge in [0.2, 0.25) is 0 Å². The van der Waals surface area contributed by atoms with Crippen molar-refractivity contribution in [3.8, 4) is 0 Å². The molecule has 0 bridgehead atoms. The van der Waals surface area contributed by atoms with E-state index < -0.39 is 17.7 Å². The topological polar surface area (TPSA) is 20.2 Å². The van der Waals surface area contributed by atoms with Crippen molar-refractivity contribution in [2.45, 2.75) is 57.7 Å². The average Bonchev–Trinajstić information content (AvgIpc) is 2.15. The summed E-state index contributed by atoms with van der Waals surface area (Å²) in [5.74, 6) is -1.12. The van der Waals surface area contributed by atoms with Gasteiger partial charge in [-0.25, -0.2) is 0 Å². The van der Waals surface area contributed by atoms with E-state index in [-0.39, 0.29) is 31.6 Å². The molecule has 0 aromatic rings. The second-order valence-corrected chi connectivity index (χ2v) is 4.73. The molecule has 1 fully saturated rings. The number of alkyl halides is 3. The number of hydrogen-bond acceptors (Lipinski definition) is 1. The standard InChI is InChI=1S/C11H19F3O/c1-3-8(2)10(15)6-4-9(5-7-10)11(12,13)14/h8-9,15H,3-7H2,1-2H3. The van der Waals surface area contributed by atoms with Crippen molar-refractivity contribution < 1.29 is 18.3 Å². The molecule has 1 saturated carbocycles. The lowest BCUT2D eigenvalue weighted by molar-refractivity contribution is -0.195. The number of halogens is 3. The van der Waals surface area contributed by atoms with Crippen LogP contribution in [0.1, 0.15) is 46.0 Å². The minimum absolute atomic E-state index is 0.0737. The maximum atomic E-state index is 12.4. The van der Waals surface area contributed by atoms with E-state index in [0.29, 0.717) is 0 Å². The second kappa shape index (κ2) is 4.32. The minimum Gasteiger partial charge on any atom is -0.390 e. The molecule has 0 aromatic carbocycles. The maximum Gasteiger partial charge on any atom is 0.391 e. The van der Waals surface area contributed by atoms with Crippen LogP contribution >= 0.6 is 0 Å². The molecular weight excluding hydrogens is 205 g/mol. The van der Waals surface area contributed by atoms with Gasteiger partial charge in [-0.1, -0.05) is 20.3 Å². The molecule has 1 N–H and O–H groups in total. The van der Waals surface area contributed by atoms with Gasteiger partial charge in [-0.05, 0) is 31.6 Å². The summed E-state index contributed by atoms with van der Waals surface area (Å²) in [5, 5.41) is 10.2. The molecular formula is C11H19F3O. The Labute approximate surface area is 88.7 Å². The van der Waals surface area contributed by atoms with Gasteiger partial charge in [-0.3, -0.25) is 0 Å². The molecule has 1 atom stereocenters. The molecule has 90 valence electrons. The summed E-state index contributed by atoms with van der Waals surface area (Å²) >= 11 is 0. The van der Waals surface area contributed by atoms with Crippen LogP contribution in [-0.2, 0) is 0 Å². The quantitative estimate of drug-likeness (QED) is 0.761. The van der Waals surface area contributed by atoms with Crippen LogP contribution in [0, 0.1) is 11.8 Å². The van der Waals surface area contributed by atoms with Crippen LogP contribution in [0.2, 0.25) is 0 Å². The van der Waals surface area contributed by atoms with Crippen molar-refractivity contribution in [3.05, 3.63) is 0 Å². The zero-order valence-electron chi connectivity index (χ0n) is 9.27. The third-order valence-corrected chi connectivity index (χ3v) is 3.84. The van der Waals surface area contributed by atoms with Crippen LogP contribution in [-0.4, -0.2) is 16.9 Å². The lowest BCUT2D eigenvalue weighted by Crippen LogP contribution is -2.42. The molecule has 1 aliphatic rings. The van der Waals surface area contributed by atoms with Gasteiger partial charge in [-0.15, -0.1) is 0 Å². The molecule has 1 aliphatic carbocycles. The molecule has 0 saturated heterocycles. The van der Waals surface area contributed by atoms with Crippen LogP contribution in [0.15, 0.2) is 0 Å². The van der Waals surface area contributed by atoms with Gasteiger partial charge in [0.05, 0.1) is 11.5 Å². The van der Waals surface area contributed by atoms with Crippen molar-refractivity contribution in [1.82, 2.24) is 0 Å². The fourth-order valence-corrected chi connectivity index (χ4v) is 2.32. The summed E-state index contributed by atoms with van der Waals surface area (Å²) in [4.78, 5) is 0. The van der Waals surface area contributed by atoms with E-state index in [1.54, 1.807) is 0 Å². The van der Waals surface area contributed by atoms with E-state index in [0.717, 1.165) is 6.42 Å². The zero-order valence-corrected chi connectivity index (χ0v) is 9.27. The van der Waals surface area contributed by atoms with Crippen molar-refractivity contribution in [2.75, 3.05) is 0 Å². The summed E-state index contributed by atoms with van der Waals surface area (Å²) in [6.07, 6.45) is -2.56. The highest BCUT2D eigenvalue weighted by Gasteiger charge is 2.46. The summed E-state index contributed by atoms with van der Waals surface area (Å²) < 4.78 is 37.2.